The number of nitrogens with zero attached hydrogens (tertiary/aromatic N) is 1. The molecule has 5 rings (SSSR count). The standard InChI is InChI=1S/C26H28N2O3/c1-16-10-17(2)13-28(12-16)15-21-23(29)9-8-20-25(30)24(31-26(20)21)11-18-14-27(3)22-7-5-4-6-19(18)22/h4-9,11,14,16-17,29H,10,12-13,15H2,1-3H3/b24-11+. The minimum Gasteiger partial charge on any atom is -0.872 e. The van der Waals surface area contributed by atoms with Crippen LogP contribution in [0.3, 0.4) is 0 Å². The van der Waals surface area contributed by atoms with Crippen molar-refractivity contribution in [2.45, 2.75) is 26.8 Å². The van der Waals surface area contributed by atoms with E-state index in [0.29, 0.717) is 35.3 Å². The average Bonchev–Trinajstić information content (AvgIpc) is 3.21. The number of quaternary nitrogens is 1. The van der Waals surface area contributed by atoms with Gasteiger partial charge in [0.25, 0.3) is 0 Å². The van der Waals surface area contributed by atoms with Crippen LogP contribution in [0.2, 0.25) is 0 Å². The van der Waals surface area contributed by atoms with Crippen LogP contribution in [0.1, 0.15) is 41.8 Å². The minimum absolute atomic E-state index is 0.0451. The molecule has 1 aromatic heterocycles. The molecule has 1 fully saturated rings. The first-order valence-electron chi connectivity index (χ1n) is 11.1. The van der Waals surface area contributed by atoms with Crippen LogP contribution in [0.25, 0.3) is 17.0 Å². The summed E-state index contributed by atoms with van der Waals surface area (Å²) in [6.07, 6.45) is 5.03. The summed E-state index contributed by atoms with van der Waals surface area (Å²) in [4.78, 5) is 14.5. The molecule has 0 aliphatic carbocycles. The van der Waals surface area contributed by atoms with Gasteiger partial charge in [0.1, 0.15) is 12.3 Å². The van der Waals surface area contributed by atoms with Crippen LogP contribution in [-0.2, 0) is 13.6 Å². The van der Waals surface area contributed by atoms with E-state index >= 15 is 0 Å². The zero-order valence-corrected chi connectivity index (χ0v) is 18.3. The Morgan fingerprint density at radius 1 is 1.16 bits per heavy atom. The van der Waals surface area contributed by atoms with Crippen LogP contribution in [0, 0.1) is 11.8 Å². The summed E-state index contributed by atoms with van der Waals surface area (Å²) >= 11 is 0. The molecule has 1 N–H and O–H groups in total. The summed E-state index contributed by atoms with van der Waals surface area (Å²) in [5, 5.41) is 13.8. The van der Waals surface area contributed by atoms with Crippen LogP contribution >= 0.6 is 0 Å². The number of ether oxygens (including phenoxy) is 1. The molecule has 0 spiro atoms. The highest BCUT2D eigenvalue weighted by molar-refractivity contribution is 6.15. The first-order chi connectivity index (χ1) is 14.9. The number of ketones is 1. The van der Waals surface area contributed by atoms with Gasteiger partial charge in [0, 0.05) is 47.1 Å². The number of fused-ring (bicyclic) bond motifs is 2. The molecule has 2 aromatic carbocycles. The molecule has 160 valence electrons. The number of Topliss-reactive ketones (excluding diaryl/α,β-unsaturated/α-hetero) is 1. The van der Waals surface area contributed by atoms with Gasteiger partial charge in [-0.2, -0.15) is 0 Å². The topological polar surface area (TPSA) is 58.7 Å². The predicted octanol–water partition coefficient (Wildman–Crippen LogP) is 2.93. The molecule has 0 amide bonds. The molecule has 5 nitrogen and oxygen atoms in total. The van der Waals surface area contributed by atoms with Crippen molar-refractivity contribution in [1.82, 2.24) is 4.57 Å². The number of aryl methyl sites for hydroxylation is 1. The molecule has 2 aliphatic heterocycles. The summed E-state index contributed by atoms with van der Waals surface area (Å²) in [6.45, 7) is 7.23. The van der Waals surface area contributed by atoms with E-state index in [0.717, 1.165) is 29.6 Å². The van der Waals surface area contributed by atoms with Crippen LogP contribution in [-0.4, -0.2) is 23.4 Å². The molecule has 0 saturated carbocycles. The predicted molar refractivity (Wildman–Crippen MR) is 119 cm³/mol. The number of rotatable bonds is 3. The number of benzene rings is 2. The number of aromatic nitrogens is 1. The maximum Gasteiger partial charge on any atom is 0.231 e. The smallest absolute Gasteiger partial charge is 0.231 e. The number of nitrogens with one attached hydrogen (secondary N) is 1. The first kappa shape index (κ1) is 19.9. The van der Waals surface area contributed by atoms with Crippen LogP contribution in [0.5, 0.6) is 11.5 Å². The lowest BCUT2D eigenvalue weighted by Crippen LogP contribution is -3.13. The number of hydrogen-bond acceptors (Lipinski definition) is 3. The third-order valence-electron chi connectivity index (χ3n) is 6.62. The van der Waals surface area contributed by atoms with Gasteiger partial charge in [-0.15, -0.1) is 0 Å². The summed E-state index contributed by atoms with van der Waals surface area (Å²) in [7, 11) is 1.99. The zero-order valence-electron chi connectivity index (χ0n) is 18.3. The second-order valence-electron chi connectivity index (χ2n) is 9.35. The van der Waals surface area contributed by atoms with Crippen LogP contribution < -0.4 is 14.7 Å². The van der Waals surface area contributed by atoms with E-state index in [-0.39, 0.29) is 17.3 Å². The molecule has 2 aliphatic rings. The van der Waals surface area contributed by atoms with Crippen molar-refractivity contribution in [3.05, 3.63) is 65.0 Å². The Kier molecular flexibility index (Phi) is 4.86. The molecular formula is C26H28N2O3. The third-order valence-corrected chi connectivity index (χ3v) is 6.62. The summed E-state index contributed by atoms with van der Waals surface area (Å²) in [5.41, 5.74) is 3.15. The highest BCUT2D eigenvalue weighted by atomic mass is 16.5. The molecule has 31 heavy (non-hydrogen) atoms. The fourth-order valence-corrected chi connectivity index (χ4v) is 5.40. The van der Waals surface area contributed by atoms with E-state index < -0.39 is 0 Å². The Hall–Kier alpha value is -3.05. The summed E-state index contributed by atoms with van der Waals surface area (Å²) in [5.74, 6) is 1.82. The van der Waals surface area contributed by atoms with Gasteiger partial charge in [-0.25, -0.2) is 0 Å². The van der Waals surface area contributed by atoms with Crippen LogP contribution in [0.15, 0.2) is 48.4 Å². The number of allylic oxidation sites excluding steroid dienone is 1. The number of hydrogen-bond donors (Lipinski definition) is 1. The quantitative estimate of drug-likeness (QED) is 0.668. The van der Waals surface area contributed by atoms with Gasteiger partial charge in [0.2, 0.25) is 5.78 Å². The summed E-state index contributed by atoms with van der Waals surface area (Å²) in [6, 6.07) is 11.2. The van der Waals surface area contributed by atoms with Crippen molar-refractivity contribution < 1.29 is 19.5 Å². The Morgan fingerprint density at radius 2 is 1.90 bits per heavy atom. The van der Waals surface area contributed by atoms with Gasteiger partial charge in [-0.3, -0.25) is 4.79 Å². The largest absolute Gasteiger partial charge is 0.872 e. The van der Waals surface area contributed by atoms with Crippen molar-refractivity contribution in [2.75, 3.05) is 13.1 Å². The maximum absolute atomic E-state index is 13.1. The van der Waals surface area contributed by atoms with Crippen molar-refractivity contribution in [2.24, 2.45) is 18.9 Å². The summed E-state index contributed by atoms with van der Waals surface area (Å²) < 4.78 is 8.12. The van der Waals surface area contributed by atoms with Gasteiger partial charge < -0.3 is 19.3 Å². The van der Waals surface area contributed by atoms with Crippen molar-refractivity contribution in [3.8, 4) is 11.5 Å². The molecular weight excluding hydrogens is 388 g/mol. The second-order valence-corrected chi connectivity index (χ2v) is 9.35. The minimum atomic E-state index is -0.153. The van der Waals surface area contributed by atoms with E-state index in [2.05, 4.69) is 19.9 Å². The number of piperidine rings is 1. The van der Waals surface area contributed by atoms with Gasteiger partial charge in [-0.1, -0.05) is 43.9 Å². The Balaban J connectivity index is 1.49. The van der Waals surface area contributed by atoms with Crippen molar-refractivity contribution in [1.29, 1.82) is 0 Å². The zero-order chi connectivity index (χ0) is 21.7. The first-order valence-corrected chi connectivity index (χ1v) is 11.1. The average molecular weight is 417 g/mol. The van der Waals surface area contributed by atoms with E-state index in [1.54, 1.807) is 12.1 Å². The maximum atomic E-state index is 13.1. The molecule has 3 heterocycles. The molecule has 3 aromatic rings. The monoisotopic (exact) mass is 416 g/mol. The van der Waals surface area contributed by atoms with Gasteiger partial charge in [0.05, 0.1) is 18.7 Å². The lowest BCUT2D eigenvalue weighted by atomic mass is 9.91. The molecule has 5 heteroatoms. The van der Waals surface area contributed by atoms with E-state index in [4.69, 9.17) is 4.74 Å². The highest BCUT2D eigenvalue weighted by Gasteiger charge is 2.33. The fraction of sp³-hybridized carbons (Fsp3) is 0.346. The lowest BCUT2D eigenvalue weighted by Gasteiger charge is -2.33. The lowest BCUT2D eigenvalue weighted by molar-refractivity contribution is -0.925. The molecule has 0 radical (unpaired) electrons. The normalized spacial score (nSPS) is 24.5. The molecule has 2 atom stereocenters. The number of carbonyl (C=O) groups excluding carboxylic acids is 1. The Bertz CT molecular complexity index is 1200. The van der Waals surface area contributed by atoms with Crippen molar-refractivity contribution in [3.63, 3.8) is 0 Å². The molecule has 0 bridgehead atoms. The molecule has 1 saturated heterocycles. The fourth-order valence-electron chi connectivity index (χ4n) is 5.40. The number of para-hydroxylation sites is 1. The van der Waals surface area contributed by atoms with E-state index in [1.165, 1.54) is 17.4 Å². The number of carbonyl (C=O) groups is 1. The third kappa shape index (κ3) is 3.53. The Morgan fingerprint density at radius 3 is 2.68 bits per heavy atom. The van der Waals surface area contributed by atoms with Gasteiger partial charge >= 0.3 is 0 Å². The molecule has 2 unspecified atom stereocenters. The SMILES string of the molecule is CC1CC(C)C[NH+](Cc2c([O-])ccc3c2O/C(=C/c2cn(C)c4ccccc24)C3=O)C1. The van der Waals surface area contributed by atoms with E-state index in [1.807, 2.05) is 36.0 Å². The van der Waals surface area contributed by atoms with E-state index in [9.17, 15) is 9.90 Å². The van der Waals surface area contributed by atoms with Crippen LogP contribution in [0.4, 0.5) is 0 Å². The van der Waals surface area contributed by atoms with Gasteiger partial charge in [0.15, 0.2) is 5.76 Å². The van der Waals surface area contributed by atoms with Gasteiger partial charge in [-0.05, 0) is 24.6 Å². The second kappa shape index (κ2) is 7.57. The van der Waals surface area contributed by atoms with Crippen molar-refractivity contribution >= 4 is 22.8 Å². The highest BCUT2D eigenvalue weighted by Crippen LogP contribution is 2.39. The Labute approximate surface area is 182 Å². The number of likely N-dealkylation sites (tertiary alicyclic amines) is 1.